The largest absolute Gasteiger partial charge is 0.543 e. The zero-order chi connectivity index (χ0) is 19.5. The van der Waals surface area contributed by atoms with Crippen molar-refractivity contribution in [2.75, 3.05) is 14.2 Å². The predicted molar refractivity (Wildman–Crippen MR) is 109 cm³/mol. The lowest BCUT2D eigenvalue weighted by atomic mass is 9.91. The van der Waals surface area contributed by atoms with Crippen LogP contribution in [0.25, 0.3) is 0 Å². The summed E-state index contributed by atoms with van der Waals surface area (Å²) in [7, 11) is 1.17. The third kappa shape index (κ3) is 4.44. The van der Waals surface area contributed by atoms with E-state index in [0.717, 1.165) is 30.4 Å². The van der Waals surface area contributed by atoms with Crippen LogP contribution >= 0.6 is 0 Å². The molecule has 0 bridgehead atoms. The van der Waals surface area contributed by atoms with Crippen molar-refractivity contribution in [3.8, 4) is 17.2 Å². The van der Waals surface area contributed by atoms with E-state index in [0.29, 0.717) is 17.2 Å². The molecule has 1 atom stereocenters. The summed E-state index contributed by atoms with van der Waals surface area (Å²) in [6.45, 7) is 11.0. The van der Waals surface area contributed by atoms with Crippen LogP contribution in [0.15, 0.2) is 23.8 Å². The summed E-state index contributed by atoms with van der Waals surface area (Å²) < 4.78 is 17.5. The summed E-state index contributed by atoms with van der Waals surface area (Å²) in [5.41, 5.74) is 1.84. The molecule has 2 rings (SSSR count). The maximum atomic E-state index is 11.1. The highest BCUT2D eigenvalue weighted by atomic mass is 28.4. The summed E-state index contributed by atoms with van der Waals surface area (Å²) in [6, 6.07) is 3.72. The average molecular weight is 379 g/mol. The second-order valence-electron chi connectivity index (χ2n) is 8.53. The molecule has 1 N–H and O–H groups in total. The Morgan fingerprint density at radius 2 is 1.62 bits per heavy atom. The summed E-state index contributed by atoms with van der Waals surface area (Å²) >= 11 is 0. The molecule has 146 valence electrons. The molecule has 0 saturated heterocycles. The molecule has 0 saturated carbocycles. The number of hydrogen-bond acceptors (Lipinski definition) is 4. The van der Waals surface area contributed by atoms with E-state index in [-0.39, 0.29) is 5.04 Å². The summed E-state index contributed by atoms with van der Waals surface area (Å²) in [5, 5.41) is 11.1. The van der Waals surface area contributed by atoms with Crippen molar-refractivity contribution in [1.82, 2.24) is 0 Å². The van der Waals surface area contributed by atoms with Gasteiger partial charge in [-0.05, 0) is 55.5 Å². The first-order valence-corrected chi connectivity index (χ1v) is 12.3. The Balaban J connectivity index is 2.52. The van der Waals surface area contributed by atoms with Gasteiger partial charge in [-0.1, -0.05) is 26.8 Å². The van der Waals surface area contributed by atoms with E-state index in [1.807, 2.05) is 12.1 Å². The molecule has 26 heavy (non-hydrogen) atoms. The van der Waals surface area contributed by atoms with Crippen molar-refractivity contribution in [3.63, 3.8) is 0 Å². The first-order valence-electron chi connectivity index (χ1n) is 9.42. The Kier molecular flexibility index (Phi) is 6.45. The minimum atomic E-state index is -2.06. The van der Waals surface area contributed by atoms with E-state index in [1.54, 1.807) is 14.2 Å². The third-order valence-electron chi connectivity index (χ3n) is 5.66. The molecule has 0 radical (unpaired) electrons. The van der Waals surface area contributed by atoms with E-state index in [2.05, 4.69) is 39.9 Å². The van der Waals surface area contributed by atoms with Crippen LogP contribution in [0.1, 0.15) is 58.1 Å². The normalized spacial score (nSPS) is 16.7. The molecule has 1 aliphatic carbocycles. The van der Waals surface area contributed by atoms with Crippen LogP contribution < -0.4 is 13.9 Å². The maximum absolute atomic E-state index is 11.1. The second kappa shape index (κ2) is 8.05. The fourth-order valence-electron chi connectivity index (χ4n) is 2.92. The zero-order valence-electron chi connectivity index (χ0n) is 17.3. The number of benzene rings is 1. The summed E-state index contributed by atoms with van der Waals surface area (Å²) in [5.74, 6) is 1.93. The molecule has 1 aromatic carbocycles. The molecule has 5 heteroatoms. The maximum Gasteiger partial charge on any atom is 0.250 e. The number of allylic oxidation sites excluding steroid dienone is 1. The van der Waals surface area contributed by atoms with E-state index in [4.69, 9.17) is 13.9 Å². The van der Waals surface area contributed by atoms with Crippen molar-refractivity contribution in [2.24, 2.45) is 0 Å². The fourth-order valence-corrected chi connectivity index (χ4v) is 3.95. The highest BCUT2D eigenvalue weighted by Crippen LogP contribution is 2.44. The molecule has 0 aromatic heterocycles. The molecule has 1 aromatic rings. The molecule has 0 spiro atoms. The number of aliphatic hydroxyl groups is 1. The van der Waals surface area contributed by atoms with Gasteiger partial charge in [0.15, 0.2) is 11.5 Å². The number of aliphatic hydroxyl groups excluding tert-OH is 1. The van der Waals surface area contributed by atoms with Crippen LogP contribution in [0.5, 0.6) is 17.2 Å². The van der Waals surface area contributed by atoms with Crippen molar-refractivity contribution >= 4 is 8.32 Å². The Morgan fingerprint density at radius 1 is 1.00 bits per heavy atom. The predicted octanol–water partition coefficient (Wildman–Crippen LogP) is 5.62. The lowest BCUT2D eigenvalue weighted by Gasteiger charge is -2.37. The minimum absolute atomic E-state index is 0.0620. The highest BCUT2D eigenvalue weighted by Gasteiger charge is 2.40. The van der Waals surface area contributed by atoms with Gasteiger partial charge < -0.3 is 19.0 Å². The molecule has 0 heterocycles. The Hall–Kier alpha value is -1.46. The van der Waals surface area contributed by atoms with Crippen molar-refractivity contribution in [1.29, 1.82) is 0 Å². The van der Waals surface area contributed by atoms with Crippen molar-refractivity contribution in [2.45, 2.75) is 70.7 Å². The van der Waals surface area contributed by atoms with Gasteiger partial charge in [0.05, 0.1) is 14.2 Å². The average Bonchev–Trinajstić information content (AvgIpc) is 2.60. The van der Waals surface area contributed by atoms with Gasteiger partial charge in [-0.15, -0.1) is 0 Å². The molecule has 0 aliphatic heterocycles. The Morgan fingerprint density at radius 3 is 2.12 bits per heavy atom. The van der Waals surface area contributed by atoms with Gasteiger partial charge in [-0.2, -0.15) is 0 Å². The fraction of sp³-hybridized carbons (Fsp3) is 0.619. The first kappa shape index (κ1) is 20.8. The standard InChI is InChI=1S/C21H34O4Si/c1-21(2,3)26(6,7)25-17-14-19(24-5)18(23-4)13-16(17)20(22)15-11-9-8-10-12-15/h11,13-14,20,22H,8-10,12H2,1-7H3. The minimum Gasteiger partial charge on any atom is -0.543 e. The van der Waals surface area contributed by atoms with Gasteiger partial charge in [0.25, 0.3) is 0 Å². The van der Waals surface area contributed by atoms with Crippen molar-refractivity contribution < 1.29 is 19.0 Å². The quantitative estimate of drug-likeness (QED) is 0.515. The SMILES string of the molecule is COc1cc(O[Si](C)(C)C(C)(C)C)c(C(O)C2=CCCCC2)cc1OC. The van der Waals surface area contributed by atoms with Gasteiger partial charge in [0, 0.05) is 11.6 Å². The Labute approximate surface area is 159 Å². The smallest absolute Gasteiger partial charge is 0.250 e. The van der Waals surface area contributed by atoms with E-state index < -0.39 is 14.4 Å². The topological polar surface area (TPSA) is 47.9 Å². The van der Waals surface area contributed by atoms with Crippen LogP contribution in [0.3, 0.4) is 0 Å². The van der Waals surface area contributed by atoms with Gasteiger partial charge in [0.1, 0.15) is 11.9 Å². The first-order chi connectivity index (χ1) is 12.1. The van der Waals surface area contributed by atoms with E-state index in [1.165, 1.54) is 6.42 Å². The second-order valence-corrected chi connectivity index (χ2v) is 13.3. The summed E-state index contributed by atoms with van der Waals surface area (Å²) in [6.07, 6.45) is 5.76. The number of methoxy groups -OCH3 is 2. The lowest BCUT2D eigenvalue weighted by Crippen LogP contribution is -2.44. The molecular weight excluding hydrogens is 344 g/mol. The molecule has 0 amide bonds. The summed E-state index contributed by atoms with van der Waals surface area (Å²) in [4.78, 5) is 0. The van der Waals surface area contributed by atoms with Crippen molar-refractivity contribution in [3.05, 3.63) is 29.3 Å². The van der Waals surface area contributed by atoms with Gasteiger partial charge in [-0.3, -0.25) is 0 Å². The number of hydrogen-bond donors (Lipinski definition) is 1. The van der Waals surface area contributed by atoms with Crippen LogP contribution in [0, 0.1) is 0 Å². The van der Waals surface area contributed by atoms with Gasteiger partial charge in [0.2, 0.25) is 8.32 Å². The van der Waals surface area contributed by atoms with E-state index in [9.17, 15) is 5.11 Å². The number of rotatable bonds is 6. The highest BCUT2D eigenvalue weighted by molar-refractivity contribution is 6.74. The van der Waals surface area contributed by atoms with Crippen LogP contribution in [0.2, 0.25) is 18.1 Å². The zero-order valence-corrected chi connectivity index (χ0v) is 18.3. The molecule has 4 nitrogen and oxygen atoms in total. The molecule has 1 aliphatic rings. The monoisotopic (exact) mass is 378 g/mol. The molecular formula is C21H34O4Si. The molecule has 1 unspecified atom stereocenters. The number of ether oxygens (including phenoxy) is 2. The van der Waals surface area contributed by atoms with Crippen LogP contribution in [-0.4, -0.2) is 27.6 Å². The molecule has 0 fully saturated rings. The van der Waals surface area contributed by atoms with E-state index >= 15 is 0 Å². The van der Waals surface area contributed by atoms with Crippen LogP contribution in [-0.2, 0) is 0 Å². The third-order valence-corrected chi connectivity index (χ3v) is 10.0. The van der Waals surface area contributed by atoms with Gasteiger partial charge >= 0.3 is 0 Å². The van der Waals surface area contributed by atoms with Gasteiger partial charge in [-0.25, -0.2) is 0 Å². The Bertz CT molecular complexity index is 659. The lowest BCUT2D eigenvalue weighted by molar-refractivity contribution is 0.204. The van der Waals surface area contributed by atoms with Crippen LogP contribution in [0.4, 0.5) is 0 Å².